The molecule has 2 rings (SSSR count). The SMILES string of the molecule is CSCCCCNc1cc2c(cc1Cl)NC(=O)C2. The first-order valence-corrected chi connectivity index (χ1v) is 7.83. The fourth-order valence-corrected chi connectivity index (χ4v) is 2.70. The van der Waals surface area contributed by atoms with Crippen molar-refractivity contribution in [3.05, 3.63) is 22.7 Å². The van der Waals surface area contributed by atoms with Crippen LogP contribution in [0.1, 0.15) is 18.4 Å². The maximum Gasteiger partial charge on any atom is 0.228 e. The summed E-state index contributed by atoms with van der Waals surface area (Å²) in [4.78, 5) is 11.3. The maximum absolute atomic E-state index is 11.3. The molecule has 1 aliphatic rings. The van der Waals surface area contributed by atoms with Crippen molar-refractivity contribution in [2.75, 3.05) is 29.2 Å². The van der Waals surface area contributed by atoms with E-state index in [4.69, 9.17) is 11.6 Å². The molecule has 0 saturated heterocycles. The molecular formula is C13H17ClN2OS. The predicted molar refractivity (Wildman–Crippen MR) is 79.9 cm³/mol. The van der Waals surface area contributed by atoms with Gasteiger partial charge in [-0.2, -0.15) is 11.8 Å². The molecule has 2 N–H and O–H groups in total. The number of benzene rings is 1. The van der Waals surface area contributed by atoms with E-state index in [1.807, 2.05) is 23.9 Å². The Kier molecular flexibility index (Phi) is 4.78. The Morgan fingerprint density at radius 1 is 1.44 bits per heavy atom. The van der Waals surface area contributed by atoms with Crippen molar-refractivity contribution in [2.24, 2.45) is 0 Å². The van der Waals surface area contributed by atoms with Crippen molar-refractivity contribution >= 4 is 40.6 Å². The van der Waals surface area contributed by atoms with E-state index in [0.29, 0.717) is 11.4 Å². The van der Waals surface area contributed by atoms with Gasteiger partial charge in [-0.3, -0.25) is 4.79 Å². The molecule has 3 nitrogen and oxygen atoms in total. The largest absolute Gasteiger partial charge is 0.384 e. The molecule has 1 amide bonds. The van der Waals surface area contributed by atoms with E-state index in [2.05, 4.69) is 16.9 Å². The van der Waals surface area contributed by atoms with E-state index in [-0.39, 0.29) is 5.91 Å². The number of anilines is 2. The number of carbonyl (C=O) groups is 1. The number of unbranched alkanes of at least 4 members (excludes halogenated alkanes) is 1. The second-order valence-corrected chi connectivity index (χ2v) is 5.73. The van der Waals surface area contributed by atoms with Crippen LogP contribution in [0.3, 0.4) is 0 Å². The van der Waals surface area contributed by atoms with Crippen LogP contribution in [0.5, 0.6) is 0 Å². The van der Waals surface area contributed by atoms with Gasteiger partial charge in [-0.05, 0) is 42.5 Å². The highest BCUT2D eigenvalue weighted by molar-refractivity contribution is 7.98. The third-order valence-corrected chi connectivity index (χ3v) is 3.92. The third-order valence-electron chi connectivity index (χ3n) is 2.91. The molecule has 0 bridgehead atoms. The van der Waals surface area contributed by atoms with Crippen LogP contribution in [0.2, 0.25) is 5.02 Å². The second-order valence-electron chi connectivity index (χ2n) is 4.34. The lowest BCUT2D eigenvalue weighted by Gasteiger charge is -2.10. The van der Waals surface area contributed by atoms with E-state index < -0.39 is 0 Å². The number of hydrogen-bond acceptors (Lipinski definition) is 3. The molecule has 1 aromatic rings. The van der Waals surface area contributed by atoms with E-state index in [1.165, 1.54) is 12.2 Å². The summed E-state index contributed by atoms with van der Waals surface area (Å²) in [5, 5.41) is 6.80. The number of rotatable bonds is 6. The number of hydrogen-bond donors (Lipinski definition) is 2. The van der Waals surface area contributed by atoms with E-state index >= 15 is 0 Å². The highest BCUT2D eigenvalue weighted by atomic mass is 35.5. The van der Waals surface area contributed by atoms with Gasteiger partial charge in [-0.1, -0.05) is 11.6 Å². The van der Waals surface area contributed by atoms with Crippen molar-refractivity contribution in [3.8, 4) is 0 Å². The van der Waals surface area contributed by atoms with E-state index in [9.17, 15) is 4.79 Å². The molecule has 1 aliphatic heterocycles. The molecule has 0 atom stereocenters. The summed E-state index contributed by atoms with van der Waals surface area (Å²) in [5.74, 6) is 1.23. The van der Waals surface area contributed by atoms with Gasteiger partial charge in [0.15, 0.2) is 0 Å². The number of carbonyl (C=O) groups excluding carboxylic acids is 1. The average Bonchev–Trinajstić information content (AvgIpc) is 2.68. The minimum absolute atomic E-state index is 0.0400. The van der Waals surface area contributed by atoms with Crippen LogP contribution in [0.15, 0.2) is 12.1 Å². The number of nitrogens with one attached hydrogen (secondary N) is 2. The summed E-state index contributed by atoms with van der Waals surface area (Å²) < 4.78 is 0. The Balaban J connectivity index is 1.93. The van der Waals surface area contributed by atoms with Crippen LogP contribution in [0.4, 0.5) is 11.4 Å². The number of halogens is 1. The maximum atomic E-state index is 11.3. The van der Waals surface area contributed by atoms with E-state index in [0.717, 1.165) is 29.9 Å². The summed E-state index contributed by atoms with van der Waals surface area (Å²) >= 11 is 8.05. The molecule has 98 valence electrons. The molecule has 18 heavy (non-hydrogen) atoms. The molecule has 0 radical (unpaired) electrons. The smallest absolute Gasteiger partial charge is 0.228 e. The number of amides is 1. The zero-order chi connectivity index (χ0) is 13.0. The van der Waals surface area contributed by atoms with Crippen LogP contribution in [-0.2, 0) is 11.2 Å². The zero-order valence-corrected chi connectivity index (χ0v) is 12.0. The summed E-state index contributed by atoms with van der Waals surface area (Å²) in [6, 6.07) is 3.80. The van der Waals surface area contributed by atoms with Crippen LogP contribution in [-0.4, -0.2) is 24.5 Å². The lowest BCUT2D eigenvalue weighted by molar-refractivity contribution is -0.115. The predicted octanol–water partition coefficient (Wildman–Crippen LogP) is 3.39. The Morgan fingerprint density at radius 3 is 3.06 bits per heavy atom. The van der Waals surface area contributed by atoms with Gasteiger partial charge in [0.2, 0.25) is 5.91 Å². The Morgan fingerprint density at radius 2 is 2.28 bits per heavy atom. The monoisotopic (exact) mass is 284 g/mol. The summed E-state index contributed by atoms with van der Waals surface area (Å²) in [7, 11) is 0. The first-order valence-electron chi connectivity index (χ1n) is 6.06. The van der Waals surface area contributed by atoms with Crippen LogP contribution in [0.25, 0.3) is 0 Å². The number of thioether (sulfide) groups is 1. The van der Waals surface area contributed by atoms with Gasteiger partial charge in [0.05, 0.1) is 17.1 Å². The third kappa shape index (κ3) is 3.33. The molecule has 0 unspecified atom stereocenters. The fraction of sp³-hybridized carbons (Fsp3) is 0.462. The first-order chi connectivity index (χ1) is 8.70. The average molecular weight is 285 g/mol. The molecule has 0 saturated carbocycles. The summed E-state index contributed by atoms with van der Waals surface area (Å²) in [6.45, 7) is 0.917. The van der Waals surface area contributed by atoms with Gasteiger partial charge in [0, 0.05) is 12.2 Å². The van der Waals surface area contributed by atoms with Crippen LogP contribution >= 0.6 is 23.4 Å². The normalized spacial score (nSPS) is 13.3. The molecule has 0 aliphatic carbocycles. The second kappa shape index (κ2) is 6.34. The highest BCUT2D eigenvalue weighted by Gasteiger charge is 2.19. The molecule has 0 fully saturated rings. The molecule has 1 heterocycles. The fourth-order valence-electron chi connectivity index (χ4n) is 1.98. The Bertz CT molecular complexity index is 451. The summed E-state index contributed by atoms with van der Waals surface area (Å²) in [6.07, 6.45) is 4.91. The topological polar surface area (TPSA) is 41.1 Å². The first kappa shape index (κ1) is 13.6. The van der Waals surface area contributed by atoms with Gasteiger partial charge in [-0.25, -0.2) is 0 Å². The Hall–Kier alpha value is -0.870. The van der Waals surface area contributed by atoms with Crippen molar-refractivity contribution < 1.29 is 4.79 Å². The van der Waals surface area contributed by atoms with Crippen molar-refractivity contribution in [1.29, 1.82) is 0 Å². The zero-order valence-electron chi connectivity index (χ0n) is 10.4. The molecule has 5 heteroatoms. The number of fused-ring (bicyclic) bond motifs is 1. The van der Waals surface area contributed by atoms with Gasteiger partial charge in [-0.15, -0.1) is 0 Å². The van der Waals surface area contributed by atoms with Crippen LogP contribution < -0.4 is 10.6 Å². The van der Waals surface area contributed by atoms with Gasteiger partial charge >= 0.3 is 0 Å². The van der Waals surface area contributed by atoms with Crippen molar-refractivity contribution in [1.82, 2.24) is 0 Å². The quantitative estimate of drug-likeness (QED) is 0.787. The highest BCUT2D eigenvalue weighted by Crippen LogP contribution is 2.32. The lowest BCUT2D eigenvalue weighted by Crippen LogP contribution is -2.03. The van der Waals surface area contributed by atoms with Gasteiger partial charge in [0.25, 0.3) is 0 Å². The standard InChI is InChI=1S/C13H17ClN2OS/c1-18-5-3-2-4-15-12-6-9-7-13(17)16-11(9)8-10(12)14/h6,8,15H,2-5,7H2,1H3,(H,16,17). The van der Waals surface area contributed by atoms with E-state index in [1.54, 1.807) is 0 Å². The van der Waals surface area contributed by atoms with Crippen molar-refractivity contribution in [2.45, 2.75) is 19.3 Å². The molecule has 0 spiro atoms. The lowest BCUT2D eigenvalue weighted by atomic mass is 10.1. The minimum Gasteiger partial charge on any atom is -0.384 e. The minimum atomic E-state index is 0.0400. The summed E-state index contributed by atoms with van der Waals surface area (Å²) in [5.41, 5.74) is 2.80. The Labute approximate surface area is 117 Å². The molecule has 0 aromatic heterocycles. The molecular weight excluding hydrogens is 268 g/mol. The van der Waals surface area contributed by atoms with Crippen molar-refractivity contribution in [3.63, 3.8) is 0 Å². The van der Waals surface area contributed by atoms with Gasteiger partial charge in [0.1, 0.15) is 0 Å². The van der Waals surface area contributed by atoms with Crippen LogP contribution in [0, 0.1) is 0 Å². The molecule has 1 aromatic carbocycles. The van der Waals surface area contributed by atoms with Gasteiger partial charge < -0.3 is 10.6 Å².